The average Bonchev–Trinajstić information content (AvgIpc) is 1.81. The third-order valence-electron chi connectivity index (χ3n) is 1.95. The van der Waals surface area contributed by atoms with E-state index in [0.717, 1.165) is 25.2 Å². The fourth-order valence-corrected chi connectivity index (χ4v) is 3.93. The molecule has 0 aromatic rings. The van der Waals surface area contributed by atoms with Crippen molar-refractivity contribution in [2.24, 2.45) is 0 Å². The minimum absolute atomic E-state index is 0.881. The van der Waals surface area contributed by atoms with E-state index in [2.05, 4.69) is 0 Å². The molecular weight excluding hydrogens is 122 g/mol. The van der Waals surface area contributed by atoms with E-state index in [9.17, 15) is 4.20 Å². The Hall–Kier alpha value is 0.360. The van der Waals surface area contributed by atoms with Crippen LogP contribution in [0.1, 0.15) is 12.8 Å². The molecule has 0 spiro atoms. The van der Waals surface area contributed by atoms with Crippen LogP contribution in [0.5, 0.6) is 0 Å². The zero-order chi connectivity index (χ0) is 6.28. The summed E-state index contributed by atoms with van der Waals surface area (Å²) in [7, 11) is 0. The molecule has 0 nitrogen and oxygen atoms in total. The summed E-state index contributed by atoms with van der Waals surface area (Å²) < 4.78 is 13.4. The molecule has 0 saturated carbocycles. The van der Waals surface area contributed by atoms with Gasteiger partial charge in [0.25, 0.3) is 0 Å². The van der Waals surface area contributed by atoms with Crippen LogP contribution in [-0.4, -0.2) is 25.7 Å². The zero-order valence-electron chi connectivity index (χ0n) is 5.65. The summed E-state index contributed by atoms with van der Waals surface area (Å²) in [4.78, 5) is 0. The maximum atomic E-state index is 13.4. The van der Waals surface area contributed by atoms with Gasteiger partial charge in [-0.05, 0) is 0 Å². The van der Waals surface area contributed by atoms with Crippen LogP contribution in [0.2, 0.25) is 0 Å². The Kier molecular flexibility index (Phi) is 1.17. The second-order valence-corrected chi connectivity index (χ2v) is 9.59. The van der Waals surface area contributed by atoms with Gasteiger partial charge in [0.05, 0.1) is 0 Å². The van der Waals surface area contributed by atoms with Crippen molar-refractivity contribution >= 4 is 6.91 Å². The van der Waals surface area contributed by atoms with Gasteiger partial charge in [-0.25, -0.2) is 0 Å². The van der Waals surface area contributed by atoms with Crippen molar-refractivity contribution in [1.29, 1.82) is 0 Å². The molecule has 0 bridgehead atoms. The fraction of sp³-hybridized carbons (Fsp3) is 1.00. The Labute approximate surface area is 50.5 Å². The van der Waals surface area contributed by atoms with Crippen molar-refractivity contribution in [3.8, 4) is 0 Å². The Morgan fingerprint density at radius 1 is 1.12 bits per heavy atom. The quantitative estimate of drug-likeness (QED) is 0.449. The fourth-order valence-electron chi connectivity index (χ4n) is 1.31. The monoisotopic (exact) mass is 136 g/mol. The molecule has 0 radical (unpaired) electrons. The van der Waals surface area contributed by atoms with Gasteiger partial charge in [-0.2, -0.15) is 0 Å². The van der Waals surface area contributed by atoms with Crippen LogP contribution in [0.25, 0.3) is 0 Å². The first-order valence-electron chi connectivity index (χ1n) is 3.20. The van der Waals surface area contributed by atoms with E-state index in [1.54, 1.807) is 0 Å². The normalized spacial score (nSPS) is 38.1. The Balaban J connectivity index is 2.67. The minimum atomic E-state index is -2.49. The molecular formula is C6H14FP. The van der Waals surface area contributed by atoms with E-state index in [4.69, 9.17) is 0 Å². The maximum absolute atomic E-state index is 13.4. The predicted molar refractivity (Wildman–Crippen MR) is 38.8 cm³/mol. The Bertz CT molecular complexity index is 90.8. The molecule has 8 heavy (non-hydrogen) atoms. The van der Waals surface area contributed by atoms with E-state index in [0.29, 0.717) is 0 Å². The first kappa shape index (κ1) is 6.48. The topological polar surface area (TPSA) is 0 Å². The number of rotatable bonds is 0. The molecule has 0 unspecified atom stereocenters. The summed E-state index contributed by atoms with van der Waals surface area (Å²) in [6, 6.07) is 0. The molecule has 1 rings (SSSR count). The van der Waals surface area contributed by atoms with Crippen molar-refractivity contribution < 1.29 is 4.20 Å². The van der Waals surface area contributed by atoms with E-state index >= 15 is 0 Å². The van der Waals surface area contributed by atoms with Crippen LogP contribution in [0.4, 0.5) is 4.20 Å². The van der Waals surface area contributed by atoms with E-state index in [1.807, 2.05) is 13.3 Å². The van der Waals surface area contributed by atoms with Crippen molar-refractivity contribution in [3.63, 3.8) is 0 Å². The summed E-state index contributed by atoms with van der Waals surface area (Å²) >= 11 is 0. The van der Waals surface area contributed by atoms with Crippen molar-refractivity contribution in [2.45, 2.75) is 12.8 Å². The number of hydrogen-bond acceptors (Lipinski definition) is 0. The van der Waals surface area contributed by atoms with Gasteiger partial charge in [-0.15, -0.1) is 0 Å². The molecule has 0 atom stereocenters. The van der Waals surface area contributed by atoms with Gasteiger partial charge < -0.3 is 0 Å². The molecule has 0 amide bonds. The number of halogens is 1. The van der Waals surface area contributed by atoms with Gasteiger partial charge in [0.15, 0.2) is 0 Å². The molecule has 1 aliphatic heterocycles. The summed E-state index contributed by atoms with van der Waals surface area (Å²) in [6.07, 6.45) is 4.01. The van der Waals surface area contributed by atoms with Gasteiger partial charge in [0.2, 0.25) is 0 Å². The second-order valence-electron chi connectivity index (χ2n) is 3.67. The number of hydrogen-bond donors (Lipinski definition) is 0. The van der Waals surface area contributed by atoms with Crippen molar-refractivity contribution in [1.82, 2.24) is 0 Å². The standard InChI is InChI=1S/C6H14FP/c1-8(2,7)5-3-4-6-8/h3-6H2,1-2H3. The van der Waals surface area contributed by atoms with Crippen LogP contribution in [0.3, 0.4) is 0 Å². The van der Waals surface area contributed by atoms with Crippen LogP contribution < -0.4 is 0 Å². The van der Waals surface area contributed by atoms with Crippen LogP contribution in [0, 0.1) is 0 Å². The molecule has 0 N–H and O–H groups in total. The first-order valence-corrected chi connectivity index (χ1v) is 6.59. The molecule has 0 aromatic carbocycles. The Morgan fingerprint density at radius 3 is 1.62 bits per heavy atom. The third kappa shape index (κ3) is 1.42. The summed E-state index contributed by atoms with van der Waals surface area (Å²) in [5, 5.41) is 0. The molecule has 0 aliphatic carbocycles. The van der Waals surface area contributed by atoms with Crippen LogP contribution in [0.15, 0.2) is 0 Å². The molecule has 50 valence electrons. The summed E-state index contributed by atoms with van der Waals surface area (Å²) in [5.74, 6) is 0. The van der Waals surface area contributed by atoms with E-state index in [-0.39, 0.29) is 0 Å². The van der Waals surface area contributed by atoms with Gasteiger partial charge in [0.1, 0.15) is 0 Å². The molecule has 1 heterocycles. The molecule has 1 aliphatic rings. The van der Waals surface area contributed by atoms with E-state index in [1.165, 1.54) is 0 Å². The average molecular weight is 136 g/mol. The van der Waals surface area contributed by atoms with Crippen LogP contribution >= 0.6 is 6.91 Å². The Morgan fingerprint density at radius 2 is 1.50 bits per heavy atom. The molecule has 1 fully saturated rings. The van der Waals surface area contributed by atoms with Gasteiger partial charge >= 0.3 is 49.6 Å². The molecule has 2 heteroatoms. The van der Waals surface area contributed by atoms with Gasteiger partial charge in [-0.3, -0.25) is 0 Å². The summed E-state index contributed by atoms with van der Waals surface area (Å²) in [6.45, 7) is 1.20. The molecule has 0 aromatic heterocycles. The SMILES string of the molecule is CP1(C)(F)CCCC1. The first-order chi connectivity index (χ1) is 3.47. The zero-order valence-corrected chi connectivity index (χ0v) is 6.55. The van der Waals surface area contributed by atoms with Crippen molar-refractivity contribution in [3.05, 3.63) is 0 Å². The van der Waals surface area contributed by atoms with E-state index < -0.39 is 6.91 Å². The van der Waals surface area contributed by atoms with Gasteiger partial charge in [-0.1, -0.05) is 0 Å². The predicted octanol–water partition coefficient (Wildman–Crippen LogP) is 2.48. The second kappa shape index (κ2) is 1.44. The molecule has 1 saturated heterocycles. The van der Waals surface area contributed by atoms with Crippen LogP contribution in [-0.2, 0) is 0 Å². The summed E-state index contributed by atoms with van der Waals surface area (Å²) in [5.41, 5.74) is 0. The third-order valence-corrected chi connectivity index (χ3v) is 5.34. The van der Waals surface area contributed by atoms with Crippen molar-refractivity contribution in [2.75, 3.05) is 25.7 Å². The van der Waals surface area contributed by atoms with Gasteiger partial charge in [0, 0.05) is 0 Å².